The first-order valence-electron chi connectivity index (χ1n) is 28.5. The Morgan fingerprint density at radius 1 is 0.235 bits per heavy atom. The van der Waals surface area contributed by atoms with E-state index in [1.165, 1.54) is 94.6 Å². The number of rotatable bonds is 10. The van der Waals surface area contributed by atoms with E-state index in [1.807, 2.05) is 0 Å². The fourth-order valence-electron chi connectivity index (χ4n) is 14.3. The molecule has 3 aliphatic carbocycles. The van der Waals surface area contributed by atoms with E-state index in [4.69, 9.17) is 0 Å². The van der Waals surface area contributed by atoms with Gasteiger partial charge in [0.2, 0.25) is 0 Å². The van der Waals surface area contributed by atoms with E-state index in [0.717, 1.165) is 39.7 Å². The van der Waals surface area contributed by atoms with E-state index in [1.54, 1.807) is 0 Å². The molecule has 1 atom stereocenters. The summed E-state index contributed by atoms with van der Waals surface area (Å²) in [6.45, 7) is 9.52. The van der Waals surface area contributed by atoms with Gasteiger partial charge in [-0.05, 0) is 150 Å². The van der Waals surface area contributed by atoms with Crippen molar-refractivity contribution in [2.75, 3.05) is 9.80 Å². The predicted octanol–water partition coefficient (Wildman–Crippen LogP) is 20.9. The van der Waals surface area contributed by atoms with E-state index in [9.17, 15) is 0 Å². The van der Waals surface area contributed by atoms with Crippen LogP contribution in [0.15, 0.2) is 291 Å². The summed E-state index contributed by atoms with van der Waals surface area (Å²) >= 11 is 0. The maximum absolute atomic E-state index is 2.54. The topological polar surface area (TPSA) is 6.48 Å². The van der Waals surface area contributed by atoms with Crippen LogP contribution in [-0.4, -0.2) is 0 Å². The molecule has 0 saturated heterocycles. The molecule has 15 rings (SSSR count). The second-order valence-corrected chi connectivity index (χ2v) is 23.2. The molecule has 0 spiro atoms. The van der Waals surface area contributed by atoms with Crippen LogP contribution in [0.1, 0.15) is 72.2 Å². The first kappa shape index (κ1) is 48.4. The monoisotopic (exact) mass is 1040 g/mol. The largest absolute Gasteiger partial charge is 0.310 e. The number of anilines is 6. The van der Waals surface area contributed by atoms with Crippen LogP contribution in [0.2, 0.25) is 0 Å². The third-order valence-electron chi connectivity index (χ3n) is 18.1. The maximum atomic E-state index is 2.54. The average Bonchev–Trinajstić information content (AvgIpc) is 3.99. The lowest BCUT2D eigenvalue weighted by Gasteiger charge is -2.36. The molecule has 0 radical (unpaired) electrons. The molecule has 2 heteroatoms. The van der Waals surface area contributed by atoms with Gasteiger partial charge in [-0.2, -0.15) is 0 Å². The summed E-state index contributed by atoms with van der Waals surface area (Å²) in [5.74, 6) is 0. The molecule has 0 bridgehead atoms. The van der Waals surface area contributed by atoms with Crippen molar-refractivity contribution >= 4 is 34.1 Å². The summed E-state index contributed by atoms with van der Waals surface area (Å²) in [5.41, 5.74) is 28.2. The van der Waals surface area contributed by atoms with Crippen molar-refractivity contribution in [1.82, 2.24) is 0 Å². The summed E-state index contributed by atoms with van der Waals surface area (Å²) in [6.07, 6.45) is 0. The van der Waals surface area contributed by atoms with Gasteiger partial charge in [0, 0.05) is 44.7 Å². The highest BCUT2D eigenvalue weighted by molar-refractivity contribution is 6.00. The lowest BCUT2D eigenvalue weighted by molar-refractivity contribution is 0.660. The number of nitrogens with zero attached hydrogens (tertiary/aromatic N) is 2. The number of benzene rings is 12. The molecule has 386 valence electrons. The molecule has 0 N–H and O–H groups in total. The van der Waals surface area contributed by atoms with E-state index >= 15 is 0 Å². The molecule has 1 unspecified atom stereocenters. The molecule has 0 heterocycles. The zero-order valence-electron chi connectivity index (χ0n) is 46.1. The molecule has 0 saturated carbocycles. The molecule has 12 aromatic rings. The fourth-order valence-corrected chi connectivity index (χ4v) is 14.3. The Kier molecular flexibility index (Phi) is 11.2. The van der Waals surface area contributed by atoms with Gasteiger partial charge in [-0.3, -0.25) is 0 Å². The van der Waals surface area contributed by atoms with E-state index < -0.39 is 5.41 Å². The van der Waals surface area contributed by atoms with Gasteiger partial charge < -0.3 is 9.80 Å². The Labute approximate surface area is 476 Å². The summed E-state index contributed by atoms with van der Waals surface area (Å²) in [4.78, 5) is 5.04. The summed E-state index contributed by atoms with van der Waals surface area (Å²) < 4.78 is 0. The van der Waals surface area contributed by atoms with Gasteiger partial charge in [0.25, 0.3) is 0 Å². The Bertz CT molecular complexity index is 4390. The van der Waals surface area contributed by atoms with Gasteiger partial charge in [-0.15, -0.1) is 0 Å². The van der Waals surface area contributed by atoms with Crippen LogP contribution in [0, 0.1) is 0 Å². The lowest BCUT2D eigenvalue weighted by Crippen LogP contribution is -2.29. The van der Waals surface area contributed by atoms with Crippen LogP contribution in [0.25, 0.3) is 55.6 Å². The normalized spacial score (nSPS) is 15.4. The highest BCUT2D eigenvalue weighted by atomic mass is 15.2. The van der Waals surface area contributed by atoms with Gasteiger partial charge in [0.05, 0.1) is 16.8 Å². The van der Waals surface area contributed by atoms with Crippen molar-refractivity contribution < 1.29 is 0 Å². The van der Waals surface area contributed by atoms with E-state index in [2.05, 4.69) is 329 Å². The minimum Gasteiger partial charge on any atom is -0.310 e. The molecule has 2 nitrogen and oxygen atoms in total. The summed E-state index contributed by atoms with van der Waals surface area (Å²) in [6, 6.07) is 109. The van der Waals surface area contributed by atoms with E-state index in [0.29, 0.717) is 0 Å². The standard InChI is InChI=1S/C79H60N2/c1-77(2)68-35-20-17-33-63(68)65-47-44-59(50-71(65)77)80(58-30-15-8-16-31-58)75-39-23-37-70-76(75)67-49-46-61(52-73(67)79(70,56-28-13-7-14-29-56)57-42-40-54(41-43-57)53-24-9-5-10-25-53)81(74-38-22-19-32-62(74)55-26-11-6-12-27-55)60-45-48-66-64-34-18-21-36-69(64)78(3,4)72(66)51-60/h5-52H,1-4H3. The molecule has 12 aromatic carbocycles. The highest BCUT2D eigenvalue weighted by Crippen LogP contribution is 2.62. The molecule has 0 amide bonds. The molecular formula is C79H60N2. The Morgan fingerprint density at radius 2 is 0.630 bits per heavy atom. The minimum absolute atomic E-state index is 0.177. The van der Waals surface area contributed by atoms with Crippen LogP contribution in [-0.2, 0) is 16.2 Å². The van der Waals surface area contributed by atoms with Crippen LogP contribution < -0.4 is 9.80 Å². The van der Waals surface area contributed by atoms with Crippen molar-refractivity contribution in [2.45, 2.75) is 43.9 Å². The minimum atomic E-state index is -0.747. The molecular weight excluding hydrogens is 977 g/mol. The van der Waals surface area contributed by atoms with Crippen LogP contribution in [0.4, 0.5) is 34.1 Å². The lowest BCUT2D eigenvalue weighted by atomic mass is 9.67. The fraction of sp³-hybridized carbons (Fsp3) is 0.0886. The SMILES string of the molecule is CC1(C)c2ccccc2-c2ccc(N(c3ccc4c(c3)C(c3ccccc3)(c3ccc(-c5ccccc5)cc3)c3cccc(N(c5ccccc5)c5ccc6c(c5)C(C)(C)c5ccccc5-6)c3-4)c3ccccc3-c3ccccc3)cc21. The summed E-state index contributed by atoms with van der Waals surface area (Å²) in [5, 5.41) is 0. The highest BCUT2D eigenvalue weighted by Gasteiger charge is 2.48. The van der Waals surface area contributed by atoms with Crippen LogP contribution in [0.3, 0.4) is 0 Å². The van der Waals surface area contributed by atoms with Crippen molar-refractivity contribution in [3.63, 3.8) is 0 Å². The second-order valence-electron chi connectivity index (χ2n) is 23.2. The zero-order valence-corrected chi connectivity index (χ0v) is 46.1. The summed E-state index contributed by atoms with van der Waals surface area (Å²) in [7, 11) is 0. The Morgan fingerprint density at radius 3 is 1.21 bits per heavy atom. The van der Waals surface area contributed by atoms with Gasteiger partial charge in [0.15, 0.2) is 0 Å². The number of fused-ring (bicyclic) bond motifs is 9. The number of hydrogen-bond donors (Lipinski definition) is 0. The van der Waals surface area contributed by atoms with E-state index in [-0.39, 0.29) is 10.8 Å². The van der Waals surface area contributed by atoms with Crippen molar-refractivity contribution in [1.29, 1.82) is 0 Å². The quantitative estimate of drug-likeness (QED) is 0.135. The number of para-hydroxylation sites is 2. The first-order chi connectivity index (χ1) is 39.7. The maximum Gasteiger partial charge on any atom is 0.0715 e. The third-order valence-corrected chi connectivity index (χ3v) is 18.1. The zero-order chi connectivity index (χ0) is 54.5. The Hall–Kier alpha value is -9.76. The number of hydrogen-bond acceptors (Lipinski definition) is 2. The van der Waals surface area contributed by atoms with Gasteiger partial charge in [-0.1, -0.05) is 258 Å². The first-order valence-corrected chi connectivity index (χ1v) is 28.5. The predicted molar refractivity (Wildman–Crippen MR) is 339 cm³/mol. The van der Waals surface area contributed by atoms with Crippen molar-refractivity contribution in [3.05, 3.63) is 336 Å². The van der Waals surface area contributed by atoms with Gasteiger partial charge in [0.1, 0.15) is 0 Å². The third kappa shape index (κ3) is 7.40. The Balaban J connectivity index is 1.01. The molecule has 0 aliphatic heterocycles. The van der Waals surface area contributed by atoms with Crippen molar-refractivity contribution in [2.24, 2.45) is 0 Å². The van der Waals surface area contributed by atoms with Gasteiger partial charge in [-0.25, -0.2) is 0 Å². The molecule has 81 heavy (non-hydrogen) atoms. The smallest absolute Gasteiger partial charge is 0.0715 e. The van der Waals surface area contributed by atoms with Crippen LogP contribution in [0.5, 0.6) is 0 Å². The van der Waals surface area contributed by atoms with Gasteiger partial charge >= 0.3 is 0 Å². The average molecular weight is 1040 g/mol. The molecule has 3 aliphatic rings. The second kappa shape index (κ2) is 18.7. The molecule has 0 fully saturated rings. The van der Waals surface area contributed by atoms with Crippen molar-refractivity contribution in [3.8, 4) is 55.6 Å². The van der Waals surface area contributed by atoms with Crippen LogP contribution >= 0.6 is 0 Å². The molecule has 0 aromatic heterocycles.